The summed E-state index contributed by atoms with van der Waals surface area (Å²) in [5.74, 6) is -0.670. The number of anilines is 1. The molecule has 2 aromatic heterocycles. The third kappa shape index (κ3) is 4.55. The van der Waals surface area contributed by atoms with Gasteiger partial charge in [0.25, 0.3) is 5.56 Å². The summed E-state index contributed by atoms with van der Waals surface area (Å²) >= 11 is 7.23. The number of nitrogens with zero attached hydrogens (tertiary/aromatic N) is 2. The average molecular weight is 414 g/mol. The molecule has 0 atom stereocenters. The molecule has 27 heavy (non-hydrogen) atoms. The fourth-order valence-electron chi connectivity index (χ4n) is 2.26. The molecule has 140 valence electrons. The summed E-state index contributed by atoms with van der Waals surface area (Å²) in [4.78, 5) is 28.0. The van der Waals surface area contributed by atoms with Gasteiger partial charge in [0.1, 0.15) is 6.54 Å². The highest BCUT2D eigenvalue weighted by Crippen LogP contribution is 2.30. The first kappa shape index (κ1) is 19.1. The van der Waals surface area contributed by atoms with E-state index in [9.17, 15) is 22.8 Å². The molecule has 2 heterocycles. The van der Waals surface area contributed by atoms with Gasteiger partial charge in [-0.25, -0.2) is 4.98 Å². The molecule has 0 fully saturated rings. The molecular weight excluding hydrogens is 403 g/mol. The van der Waals surface area contributed by atoms with Crippen molar-refractivity contribution in [2.24, 2.45) is 0 Å². The second kappa shape index (κ2) is 7.53. The van der Waals surface area contributed by atoms with Crippen molar-refractivity contribution in [2.45, 2.75) is 12.7 Å². The molecule has 0 unspecified atom stereocenters. The van der Waals surface area contributed by atoms with Crippen molar-refractivity contribution >= 4 is 34.0 Å². The fraction of sp³-hybridized carbons (Fsp3) is 0.118. The smallest absolute Gasteiger partial charge is 0.305 e. The van der Waals surface area contributed by atoms with E-state index in [0.29, 0.717) is 33.1 Å². The largest absolute Gasteiger partial charge is 0.417 e. The highest BCUT2D eigenvalue weighted by molar-refractivity contribution is 7.14. The second-order valence-corrected chi connectivity index (χ2v) is 6.71. The van der Waals surface area contributed by atoms with Crippen LogP contribution in [-0.4, -0.2) is 15.5 Å². The Morgan fingerprint density at radius 2 is 1.96 bits per heavy atom. The van der Waals surface area contributed by atoms with Crippen molar-refractivity contribution in [3.8, 4) is 11.3 Å². The quantitative estimate of drug-likeness (QED) is 0.694. The van der Waals surface area contributed by atoms with Crippen molar-refractivity contribution in [2.75, 3.05) is 5.32 Å². The van der Waals surface area contributed by atoms with Crippen LogP contribution in [0.15, 0.2) is 52.8 Å². The van der Waals surface area contributed by atoms with Gasteiger partial charge in [-0.15, -0.1) is 11.3 Å². The first-order chi connectivity index (χ1) is 12.7. The van der Waals surface area contributed by atoms with Crippen molar-refractivity contribution < 1.29 is 18.0 Å². The average Bonchev–Trinajstić information content (AvgIpc) is 3.04. The third-order valence-corrected chi connectivity index (χ3v) is 4.61. The van der Waals surface area contributed by atoms with E-state index in [1.54, 1.807) is 29.6 Å². The molecule has 1 aromatic carbocycles. The number of hydrogen-bond acceptors (Lipinski definition) is 4. The zero-order chi connectivity index (χ0) is 19.6. The number of aromatic nitrogens is 2. The summed E-state index contributed by atoms with van der Waals surface area (Å²) in [5, 5.41) is 4.90. The maximum atomic E-state index is 12.7. The third-order valence-electron chi connectivity index (χ3n) is 3.53. The van der Waals surface area contributed by atoms with Gasteiger partial charge in [-0.05, 0) is 12.1 Å². The van der Waals surface area contributed by atoms with Gasteiger partial charge in [-0.3, -0.25) is 9.59 Å². The number of pyridine rings is 1. The summed E-state index contributed by atoms with van der Waals surface area (Å²) in [7, 11) is 0. The Balaban J connectivity index is 1.74. The van der Waals surface area contributed by atoms with Crippen LogP contribution in [0.25, 0.3) is 11.3 Å². The Morgan fingerprint density at radius 3 is 2.67 bits per heavy atom. The molecule has 0 saturated heterocycles. The van der Waals surface area contributed by atoms with Crippen LogP contribution in [0.5, 0.6) is 0 Å². The van der Waals surface area contributed by atoms with Crippen LogP contribution in [-0.2, 0) is 17.5 Å². The van der Waals surface area contributed by atoms with E-state index in [2.05, 4.69) is 10.3 Å². The monoisotopic (exact) mass is 413 g/mol. The topological polar surface area (TPSA) is 64.0 Å². The molecule has 0 aliphatic heterocycles. The fourth-order valence-corrected chi connectivity index (χ4v) is 3.22. The minimum atomic E-state index is -4.61. The predicted molar refractivity (Wildman–Crippen MR) is 96.9 cm³/mol. The molecule has 3 aromatic rings. The first-order valence-electron chi connectivity index (χ1n) is 7.52. The second-order valence-electron chi connectivity index (χ2n) is 5.45. The number of hydrogen-bond donors (Lipinski definition) is 1. The molecule has 0 aliphatic rings. The van der Waals surface area contributed by atoms with Crippen LogP contribution in [0, 0.1) is 0 Å². The van der Waals surface area contributed by atoms with E-state index in [4.69, 9.17) is 11.6 Å². The first-order valence-corrected chi connectivity index (χ1v) is 8.78. The molecule has 0 aliphatic carbocycles. The molecule has 1 amide bonds. The maximum Gasteiger partial charge on any atom is 0.417 e. The standard InChI is InChI=1S/C17H11ClF3N3O2S/c18-12-4-2-1-3-11(12)13-9-27-16(22-13)23-14(25)8-24-7-10(17(19,20)21)5-6-15(24)26/h1-7,9H,8H2,(H,22,23,25). The molecule has 0 bridgehead atoms. The van der Waals surface area contributed by atoms with Crippen molar-refractivity contribution in [3.63, 3.8) is 0 Å². The van der Waals surface area contributed by atoms with Gasteiger partial charge in [0.05, 0.1) is 11.3 Å². The van der Waals surface area contributed by atoms with E-state index in [1.807, 2.05) is 0 Å². The molecule has 0 spiro atoms. The van der Waals surface area contributed by atoms with Gasteiger partial charge in [0, 0.05) is 28.2 Å². The van der Waals surface area contributed by atoms with Gasteiger partial charge in [-0.1, -0.05) is 29.8 Å². The zero-order valence-corrected chi connectivity index (χ0v) is 15.0. The number of amides is 1. The SMILES string of the molecule is O=C(Cn1cc(C(F)(F)F)ccc1=O)Nc1nc(-c2ccccc2Cl)cs1. The van der Waals surface area contributed by atoms with Crippen molar-refractivity contribution in [1.29, 1.82) is 0 Å². The van der Waals surface area contributed by atoms with Crippen LogP contribution < -0.4 is 10.9 Å². The van der Waals surface area contributed by atoms with Crippen LogP contribution in [0.1, 0.15) is 5.56 Å². The van der Waals surface area contributed by atoms with Crippen molar-refractivity contribution in [1.82, 2.24) is 9.55 Å². The lowest BCUT2D eigenvalue weighted by atomic mass is 10.2. The van der Waals surface area contributed by atoms with Crippen LogP contribution in [0.2, 0.25) is 5.02 Å². The molecule has 3 rings (SSSR count). The molecule has 0 radical (unpaired) electrons. The molecule has 5 nitrogen and oxygen atoms in total. The van der Waals surface area contributed by atoms with Gasteiger partial charge in [0.15, 0.2) is 5.13 Å². The summed E-state index contributed by atoms with van der Waals surface area (Å²) < 4.78 is 38.9. The number of nitrogens with one attached hydrogen (secondary N) is 1. The number of halogens is 4. The van der Waals surface area contributed by atoms with E-state index in [1.165, 1.54) is 0 Å². The highest BCUT2D eigenvalue weighted by Gasteiger charge is 2.31. The van der Waals surface area contributed by atoms with Crippen LogP contribution in [0.3, 0.4) is 0 Å². The molecule has 0 saturated carbocycles. The van der Waals surface area contributed by atoms with Crippen molar-refractivity contribution in [3.05, 3.63) is 68.9 Å². The number of thiazole rings is 1. The summed E-state index contributed by atoms with van der Waals surface area (Å²) in [6, 6.07) is 8.48. The van der Waals surface area contributed by atoms with E-state index >= 15 is 0 Å². The Hall–Kier alpha value is -2.65. The Labute approximate surface area is 160 Å². The predicted octanol–water partition coefficient (Wildman–Crippen LogP) is 4.28. The van der Waals surface area contributed by atoms with E-state index in [-0.39, 0.29) is 5.13 Å². The molecular formula is C17H11ClF3N3O2S. The summed E-state index contributed by atoms with van der Waals surface area (Å²) in [6.45, 7) is -0.566. The highest BCUT2D eigenvalue weighted by atomic mass is 35.5. The maximum absolute atomic E-state index is 12.7. The van der Waals surface area contributed by atoms with Crippen LogP contribution >= 0.6 is 22.9 Å². The molecule has 1 N–H and O–H groups in total. The number of alkyl halides is 3. The Bertz CT molecular complexity index is 1050. The van der Waals surface area contributed by atoms with E-state index in [0.717, 1.165) is 17.4 Å². The van der Waals surface area contributed by atoms with Gasteiger partial charge in [-0.2, -0.15) is 13.2 Å². The number of carbonyl (C=O) groups is 1. The minimum Gasteiger partial charge on any atom is -0.305 e. The number of benzene rings is 1. The summed E-state index contributed by atoms with van der Waals surface area (Å²) in [5.41, 5.74) is -0.485. The van der Waals surface area contributed by atoms with Crippen LogP contribution in [0.4, 0.5) is 18.3 Å². The van der Waals surface area contributed by atoms with Gasteiger partial charge in [0.2, 0.25) is 5.91 Å². The Morgan fingerprint density at radius 1 is 1.22 bits per heavy atom. The summed E-state index contributed by atoms with van der Waals surface area (Å²) in [6.07, 6.45) is -4.00. The van der Waals surface area contributed by atoms with Gasteiger partial charge >= 0.3 is 6.18 Å². The van der Waals surface area contributed by atoms with E-state index < -0.39 is 29.8 Å². The Kier molecular flexibility index (Phi) is 5.33. The number of rotatable bonds is 4. The molecule has 10 heteroatoms. The normalized spacial score (nSPS) is 11.4. The zero-order valence-electron chi connectivity index (χ0n) is 13.5. The minimum absolute atomic E-state index is 0.245. The number of carbonyl (C=O) groups excluding carboxylic acids is 1. The lowest BCUT2D eigenvalue weighted by Gasteiger charge is -2.10. The lowest BCUT2D eigenvalue weighted by Crippen LogP contribution is -2.28. The van der Waals surface area contributed by atoms with Gasteiger partial charge < -0.3 is 9.88 Å². The lowest BCUT2D eigenvalue weighted by molar-refractivity contribution is -0.138.